The van der Waals surface area contributed by atoms with Gasteiger partial charge in [0.05, 0.1) is 88.2 Å². The number of phosphoric ester groups is 1. The molecule has 31 N–H and O–H groups in total. The van der Waals surface area contributed by atoms with Crippen molar-refractivity contribution in [2.75, 3.05) is 39.6 Å². The van der Waals surface area contributed by atoms with Gasteiger partial charge in [0.1, 0.15) is 116 Å². The lowest BCUT2D eigenvalue weighted by Gasteiger charge is -2.53. The monoisotopic (exact) mass is 1360 g/mol. The third-order valence-corrected chi connectivity index (χ3v) is 16.9. The van der Waals surface area contributed by atoms with E-state index in [2.05, 4.69) is 0 Å². The lowest BCUT2D eigenvalue weighted by Crippen LogP contribution is -2.71. The van der Waals surface area contributed by atoms with Gasteiger partial charge in [-0.15, -0.1) is 0 Å². The zero-order valence-corrected chi connectivity index (χ0v) is 48.2. The molecule has 528 valence electrons. The minimum Gasteiger partial charge on any atom is -0.479 e. The molecule has 35 atom stereocenters. The van der Waals surface area contributed by atoms with E-state index in [9.17, 15) is 126 Å². The van der Waals surface area contributed by atoms with Gasteiger partial charge < -0.3 is 197 Å². The minimum absolute atomic E-state index is 0.756. The van der Waals surface area contributed by atoms with Crippen molar-refractivity contribution in [2.24, 2.45) is 28.7 Å². The van der Waals surface area contributed by atoms with Gasteiger partial charge in [-0.05, 0) is 0 Å². The Bertz CT molecular complexity index is 2450. The first-order valence-electron chi connectivity index (χ1n) is 27.9. The lowest BCUT2D eigenvalue weighted by molar-refractivity contribution is -0.407. The summed E-state index contributed by atoms with van der Waals surface area (Å²) in [5, 5.41) is 205. The molecule has 7 rings (SSSR count). The topological polar surface area (TPSA) is 752 Å². The fourth-order valence-electron chi connectivity index (χ4n) is 11.2. The van der Waals surface area contributed by atoms with Gasteiger partial charge in [-0.3, -0.25) is 4.52 Å². The highest BCUT2D eigenvalue weighted by molar-refractivity contribution is 7.46. The van der Waals surface area contributed by atoms with Crippen LogP contribution in [0.15, 0.2) is 0 Å². The smallest absolute Gasteiger partial charge is 0.470 e. The van der Waals surface area contributed by atoms with Crippen LogP contribution in [0.25, 0.3) is 0 Å². The Morgan fingerprint density at radius 1 is 0.505 bits per heavy atom. The van der Waals surface area contributed by atoms with Crippen LogP contribution in [0, 0.1) is 0 Å². The van der Waals surface area contributed by atoms with Gasteiger partial charge in [0, 0.05) is 12.8 Å². The summed E-state index contributed by atoms with van der Waals surface area (Å²) in [6, 6.07) is -7.80. The maximum absolute atomic E-state index is 13.9. The number of aliphatic carboxylic acids is 3. The third-order valence-electron chi connectivity index (χ3n) is 16.4. The Labute approximate surface area is 511 Å². The summed E-state index contributed by atoms with van der Waals surface area (Å²) in [5.74, 6) is -13.8. The molecule has 7 saturated heterocycles. The number of rotatable bonds is 25. The molecule has 7 aliphatic rings. The maximum atomic E-state index is 13.9. The van der Waals surface area contributed by atoms with Gasteiger partial charge in [-0.25, -0.2) is 18.9 Å². The standard InChI is InChI=1S/C46H80N5O39P/c47-17-19(49)38(69)79-15(22(17)59)7-77-39-20(50)18(48)33(90-91(74,75)76)16(82-39)8-78-45(43(70)71)2-12(87-46(44(72)73)1-9(56)30(31(89-46)10(57)3-52)83-41-28(65)26(63)27(64)36(86-41)37(67)68)34(32(88-45)11(58)4-53)84-42-29(66)35(24(61)14(6-55)81-42)85-40-21(51)25(62)23(60)13(5-54)80-40/h9-36,38-42,52-66,69H,1-8,47-51H2,(H,67,68)(H,70,71)(H,72,73)(H2,74,75,76)/t9-,10-,11-,12-,13-,14-,15-,16-,17-,18-,19-,20-,21-,22-,23-,24-,25-,26+,27-,28-,29+,30-,31-,32-,33-,34-,35+,36+,38+,39-,40+,41+,42-,45-,46-/m1/s1. The number of carboxylic acid groups (broad SMARTS) is 3. The highest BCUT2D eigenvalue weighted by atomic mass is 31.2. The number of aliphatic hydroxyl groups is 16. The second kappa shape index (κ2) is 30.7. The Balaban J connectivity index is 1.29. The fraction of sp³-hybridized carbons (Fsp3) is 0.935. The van der Waals surface area contributed by atoms with E-state index in [1.807, 2.05) is 0 Å². The first-order chi connectivity index (χ1) is 42.5. The molecule has 44 nitrogen and oxygen atoms in total. The highest BCUT2D eigenvalue weighted by Crippen LogP contribution is 2.46. The third kappa shape index (κ3) is 16.1. The normalized spacial score (nSPS) is 48.3. The Morgan fingerprint density at radius 3 is 1.62 bits per heavy atom. The number of carboxylic acids is 3. The second-order valence-corrected chi connectivity index (χ2v) is 23.7. The van der Waals surface area contributed by atoms with Crippen molar-refractivity contribution in [1.29, 1.82) is 0 Å². The van der Waals surface area contributed by atoms with E-state index in [0.717, 1.165) is 0 Å². The van der Waals surface area contributed by atoms with E-state index in [1.165, 1.54) is 0 Å². The van der Waals surface area contributed by atoms with Crippen molar-refractivity contribution in [3.63, 3.8) is 0 Å². The predicted molar refractivity (Wildman–Crippen MR) is 275 cm³/mol. The van der Waals surface area contributed by atoms with Crippen LogP contribution in [0.2, 0.25) is 0 Å². The van der Waals surface area contributed by atoms with Crippen LogP contribution in [-0.4, -0.2) is 378 Å². The Kier molecular flexibility index (Phi) is 25.5. The summed E-state index contributed by atoms with van der Waals surface area (Å²) >= 11 is 0. The molecule has 0 aromatic carbocycles. The van der Waals surface area contributed by atoms with Crippen molar-refractivity contribution in [3.05, 3.63) is 0 Å². The van der Waals surface area contributed by atoms with E-state index >= 15 is 0 Å². The molecule has 0 saturated carbocycles. The average molecular weight is 1360 g/mol. The van der Waals surface area contributed by atoms with Gasteiger partial charge >= 0.3 is 25.7 Å². The molecule has 0 bridgehead atoms. The maximum Gasteiger partial charge on any atom is 0.470 e. The van der Waals surface area contributed by atoms with Crippen molar-refractivity contribution >= 4 is 25.7 Å². The van der Waals surface area contributed by atoms with E-state index in [-0.39, 0.29) is 0 Å². The summed E-state index contributed by atoms with van der Waals surface area (Å²) < 4.78 is 91.5. The number of hydrogen-bond donors (Lipinski definition) is 26. The van der Waals surface area contributed by atoms with Crippen molar-refractivity contribution in [2.45, 2.75) is 226 Å². The molecule has 0 spiro atoms. The zero-order valence-electron chi connectivity index (χ0n) is 47.3. The molecule has 0 amide bonds. The van der Waals surface area contributed by atoms with E-state index in [0.29, 0.717) is 0 Å². The molecule has 0 radical (unpaired) electrons. The number of nitrogens with two attached hydrogens (primary N) is 5. The van der Waals surface area contributed by atoms with Gasteiger partial charge in [0.15, 0.2) is 37.6 Å². The van der Waals surface area contributed by atoms with E-state index in [4.69, 9.17) is 94.8 Å². The largest absolute Gasteiger partial charge is 0.479 e. The molecule has 0 aromatic rings. The van der Waals surface area contributed by atoms with Crippen LogP contribution in [0.5, 0.6) is 0 Å². The van der Waals surface area contributed by atoms with Crippen LogP contribution in [0.4, 0.5) is 0 Å². The number of hydrogen-bond acceptors (Lipinski definition) is 39. The first kappa shape index (κ1) is 75.5. The average Bonchev–Trinajstić information content (AvgIpc) is 0.751. The Hall–Kier alpha value is -2.84. The zero-order chi connectivity index (χ0) is 67.8. The first-order valence-corrected chi connectivity index (χ1v) is 29.4. The summed E-state index contributed by atoms with van der Waals surface area (Å²) in [4.78, 5) is 59.7. The molecular weight excluding hydrogens is 1280 g/mol. The van der Waals surface area contributed by atoms with Gasteiger partial charge in [0.25, 0.3) is 11.6 Å². The van der Waals surface area contributed by atoms with Crippen LogP contribution in [0.3, 0.4) is 0 Å². The molecule has 45 heteroatoms. The summed E-state index contributed by atoms with van der Waals surface area (Å²) in [6.07, 6.45) is -64.4. The van der Waals surface area contributed by atoms with E-state index < -0.39 is 292 Å². The summed E-state index contributed by atoms with van der Waals surface area (Å²) in [5.41, 5.74) is 30.3. The van der Waals surface area contributed by atoms with Crippen molar-refractivity contribution in [1.82, 2.24) is 0 Å². The molecular formula is C46H80N5O39P. The molecule has 7 heterocycles. The van der Waals surface area contributed by atoms with Crippen LogP contribution >= 0.6 is 7.82 Å². The fourth-order valence-corrected chi connectivity index (χ4v) is 11.8. The van der Waals surface area contributed by atoms with Crippen LogP contribution < -0.4 is 28.7 Å². The number of ether oxygens (including phenoxy) is 13. The van der Waals surface area contributed by atoms with Gasteiger partial charge in [-0.2, -0.15) is 0 Å². The molecule has 0 unspecified atom stereocenters. The van der Waals surface area contributed by atoms with E-state index in [1.54, 1.807) is 0 Å². The Morgan fingerprint density at radius 2 is 1.04 bits per heavy atom. The summed E-state index contributed by atoms with van der Waals surface area (Å²) in [7, 11) is -5.68. The summed E-state index contributed by atoms with van der Waals surface area (Å²) in [6.45, 7) is -7.25. The van der Waals surface area contributed by atoms with Gasteiger partial charge in [-0.1, -0.05) is 0 Å². The van der Waals surface area contributed by atoms with Gasteiger partial charge in [0.2, 0.25) is 0 Å². The van der Waals surface area contributed by atoms with Crippen LogP contribution in [-0.2, 0) is 85.1 Å². The minimum atomic E-state index is -5.68. The van der Waals surface area contributed by atoms with Crippen molar-refractivity contribution in [3.8, 4) is 0 Å². The molecule has 7 fully saturated rings. The highest BCUT2D eigenvalue weighted by Gasteiger charge is 2.64. The molecule has 7 aliphatic heterocycles. The SMILES string of the molecule is N[C@@H]1[C@@H](N)[C@@H](O)O[C@H](CO[C@@H]2O[C@H](CO[C@]3(C(=O)O)C[C@@H](O[C@]4(C(=O)O)C[C@@H](O)[C@@H](O[C@H]5O[C@H](C(=O)O)[C@H](O)[C@H](O)[C@H]5O)[C@@H]([C@H](O)CO)O4)[C@@H](O[C@H]4O[C@H](CO)[C@@H](O)[C@H](O[C@@H]5O[C@H](CO)[C@@H](O)[C@H](O)[C@H]5N)[C@@H]4O)[C@@H]([C@H](O)CO)O3)[C@@H](OP(=O)(O)O)[C@H](N)[C@H]2N)[C@H]1O. The number of phosphoric acid groups is 1. The second-order valence-electron chi connectivity index (χ2n) is 22.6. The molecule has 0 aliphatic carbocycles. The van der Waals surface area contributed by atoms with Crippen LogP contribution in [0.1, 0.15) is 12.8 Å². The quantitative estimate of drug-likeness (QED) is 0.0377. The predicted octanol–water partition coefficient (Wildman–Crippen LogP) is -16.5. The number of carbonyl (C=O) groups is 3. The van der Waals surface area contributed by atoms with Crippen molar-refractivity contribution < 1.29 is 192 Å². The lowest BCUT2D eigenvalue weighted by atomic mass is 9.89. The molecule has 0 aromatic heterocycles. The molecule has 91 heavy (non-hydrogen) atoms. The number of aliphatic hydroxyl groups excluding tert-OH is 16.